The fourth-order valence-corrected chi connectivity index (χ4v) is 1.36. The van der Waals surface area contributed by atoms with E-state index in [0.29, 0.717) is 6.61 Å². The lowest BCUT2D eigenvalue weighted by atomic mass is 9.95. The summed E-state index contributed by atoms with van der Waals surface area (Å²) in [6.45, 7) is 5.17. The highest BCUT2D eigenvalue weighted by atomic mass is 16.5. The SMILES string of the molecule is CCCCOC(=O)CCC(C(C)=O)C(C)=O. The molecule has 0 N–H and O–H groups in total. The van der Waals surface area contributed by atoms with Gasteiger partial charge in [-0.05, 0) is 26.7 Å². The van der Waals surface area contributed by atoms with E-state index in [1.807, 2.05) is 6.92 Å². The third kappa shape index (κ3) is 6.32. The van der Waals surface area contributed by atoms with E-state index in [2.05, 4.69) is 0 Å². The van der Waals surface area contributed by atoms with Crippen molar-refractivity contribution in [1.29, 1.82) is 0 Å². The molecule has 0 aliphatic heterocycles. The lowest BCUT2D eigenvalue weighted by Crippen LogP contribution is -2.21. The van der Waals surface area contributed by atoms with E-state index >= 15 is 0 Å². The van der Waals surface area contributed by atoms with E-state index in [9.17, 15) is 14.4 Å². The second kappa shape index (κ2) is 8.02. The van der Waals surface area contributed by atoms with Crippen LogP contribution in [0.5, 0.6) is 0 Å². The summed E-state index contributed by atoms with van der Waals surface area (Å²) in [5, 5.41) is 0. The van der Waals surface area contributed by atoms with Crippen LogP contribution in [0.4, 0.5) is 0 Å². The molecule has 0 unspecified atom stereocenters. The molecule has 0 rings (SSSR count). The van der Waals surface area contributed by atoms with Gasteiger partial charge in [-0.3, -0.25) is 14.4 Å². The van der Waals surface area contributed by atoms with Gasteiger partial charge < -0.3 is 4.74 Å². The average molecular weight is 228 g/mol. The van der Waals surface area contributed by atoms with Gasteiger partial charge in [-0.1, -0.05) is 13.3 Å². The zero-order chi connectivity index (χ0) is 12.6. The first-order valence-corrected chi connectivity index (χ1v) is 5.65. The molecule has 4 nitrogen and oxygen atoms in total. The first-order valence-electron chi connectivity index (χ1n) is 5.65. The number of Topliss-reactive ketones (excluding diaryl/α,β-unsaturated/α-hetero) is 2. The number of ketones is 2. The molecule has 4 heteroatoms. The van der Waals surface area contributed by atoms with Crippen molar-refractivity contribution in [2.45, 2.75) is 46.5 Å². The highest BCUT2D eigenvalue weighted by molar-refractivity contribution is 6.00. The molecule has 0 bridgehead atoms. The lowest BCUT2D eigenvalue weighted by molar-refractivity contribution is -0.144. The normalized spacial score (nSPS) is 10.2. The van der Waals surface area contributed by atoms with Crippen LogP contribution >= 0.6 is 0 Å². The maximum atomic E-state index is 11.2. The first kappa shape index (κ1) is 14.8. The second-order valence-electron chi connectivity index (χ2n) is 3.89. The van der Waals surface area contributed by atoms with E-state index in [1.165, 1.54) is 13.8 Å². The van der Waals surface area contributed by atoms with Crippen LogP contribution in [0.15, 0.2) is 0 Å². The van der Waals surface area contributed by atoms with Crippen LogP contribution in [-0.2, 0) is 19.1 Å². The van der Waals surface area contributed by atoms with Gasteiger partial charge in [0.15, 0.2) is 0 Å². The van der Waals surface area contributed by atoms with E-state index in [0.717, 1.165) is 12.8 Å². The molecule has 0 aliphatic carbocycles. The maximum absolute atomic E-state index is 11.2. The summed E-state index contributed by atoms with van der Waals surface area (Å²) in [5.41, 5.74) is 0. The molecule has 16 heavy (non-hydrogen) atoms. The Hall–Kier alpha value is -1.19. The highest BCUT2D eigenvalue weighted by Crippen LogP contribution is 2.10. The van der Waals surface area contributed by atoms with E-state index in [1.54, 1.807) is 0 Å². The molecule has 0 atom stereocenters. The van der Waals surface area contributed by atoms with Crippen LogP contribution in [0, 0.1) is 5.92 Å². The van der Waals surface area contributed by atoms with Crippen LogP contribution < -0.4 is 0 Å². The summed E-state index contributed by atoms with van der Waals surface area (Å²) in [5.74, 6) is -1.36. The average Bonchev–Trinajstić information content (AvgIpc) is 2.17. The summed E-state index contributed by atoms with van der Waals surface area (Å²) in [6.07, 6.45) is 2.20. The van der Waals surface area contributed by atoms with Crippen molar-refractivity contribution in [2.75, 3.05) is 6.61 Å². The Morgan fingerprint density at radius 2 is 1.69 bits per heavy atom. The highest BCUT2D eigenvalue weighted by Gasteiger charge is 2.20. The fraction of sp³-hybridized carbons (Fsp3) is 0.750. The molecule has 0 aromatic carbocycles. The van der Waals surface area contributed by atoms with Crippen molar-refractivity contribution in [3.05, 3.63) is 0 Å². The van der Waals surface area contributed by atoms with Gasteiger partial charge in [0.05, 0.1) is 12.5 Å². The van der Waals surface area contributed by atoms with Gasteiger partial charge >= 0.3 is 5.97 Å². The van der Waals surface area contributed by atoms with E-state index in [4.69, 9.17) is 4.74 Å². The minimum Gasteiger partial charge on any atom is -0.466 e. The molecule has 92 valence electrons. The number of ether oxygens (including phenoxy) is 1. The summed E-state index contributed by atoms with van der Waals surface area (Å²) in [7, 11) is 0. The van der Waals surface area contributed by atoms with Crippen LogP contribution in [0.2, 0.25) is 0 Å². The Bertz CT molecular complexity index is 244. The van der Waals surface area contributed by atoms with E-state index < -0.39 is 5.92 Å². The predicted molar refractivity (Wildman–Crippen MR) is 60.0 cm³/mol. The number of hydrogen-bond acceptors (Lipinski definition) is 4. The van der Waals surface area contributed by atoms with E-state index in [-0.39, 0.29) is 30.4 Å². The molecule has 0 aromatic heterocycles. The molecule has 0 saturated carbocycles. The Labute approximate surface area is 96.4 Å². The fourth-order valence-electron chi connectivity index (χ4n) is 1.36. The van der Waals surface area contributed by atoms with Crippen molar-refractivity contribution >= 4 is 17.5 Å². The van der Waals surface area contributed by atoms with Gasteiger partial charge in [-0.15, -0.1) is 0 Å². The van der Waals surface area contributed by atoms with Crippen LogP contribution in [0.25, 0.3) is 0 Å². The third-order valence-corrected chi connectivity index (χ3v) is 2.38. The Balaban J connectivity index is 3.88. The molecule has 0 fully saturated rings. The van der Waals surface area contributed by atoms with Gasteiger partial charge in [-0.2, -0.15) is 0 Å². The van der Waals surface area contributed by atoms with Gasteiger partial charge in [0, 0.05) is 6.42 Å². The van der Waals surface area contributed by atoms with Crippen LogP contribution in [-0.4, -0.2) is 24.1 Å². The molecule has 0 amide bonds. The number of hydrogen-bond donors (Lipinski definition) is 0. The van der Waals surface area contributed by atoms with Crippen molar-refractivity contribution < 1.29 is 19.1 Å². The second-order valence-corrected chi connectivity index (χ2v) is 3.89. The Morgan fingerprint density at radius 1 is 1.12 bits per heavy atom. The number of rotatable bonds is 8. The first-order chi connectivity index (χ1) is 7.49. The molecule has 0 aromatic rings. The summed E-state index contributed by atoms with van der Waals surface area (Å²) < 4.78 is 4.93. The maximum Gasteiger partial charge on any atom is 0.305 e. The van der Waals surface area contributed by atoms with Crippen molar-refractivity contribution in [3.63, 3.8) is 0 Å². The predicted octanol–water partition coefficient (Wildman–Crippen LogP) is 1.90. The molecule has 0 saturated heterocycles. The monoisotopic (exact) mass is 228 g/mol. The minimum atomic E-state index is -0.654. The molecule has 0 aliphatic rings. The molecular weight excluding hydrogens is 208 g/mol. The zero-order valence-electron chi connectivity index (χ0n) is 10.2. The minimum absolute atomic E-state index is 0.132. The smallest absolute Gasteiger partial charge is 0.305 e. The molecule has 0 spiro atoms. The summed E-state index contributed by atoms with van der Waals surface area (Å²) in [6, 6.07) is 0. The Kier molecular flexibility index (Phi) is 7.42. The lowest BCUT2D eigenvalue weighted by Gasteiger charge is -2.09. The molecule has 0 radical (unpaired) electrons. The van der Waals surface area contributed by atoms with Gasteiger partial charge in [0.25, 0.3) is 0 Å². The topological polar surface area (TPSA) is 60.4 Å². The van der Waals surface area contributed by atoms with Crippen molar-refractivity contribution in [1.82, 2.24) is 0 Å². The summed E-state index contributed by atoms with van der Waals surface area (Å²) in [4.78, 5) is 33.4. The quantitative estimate of drug-likeness (QED) is 0.361. The van der Waals surface area contributed by atoms with Gasteiger partial charge in [0.1, 0.15) is 11.6 Å². The van der Waals surface area contributed by atoms with Crippen molar-refractivity contribution in [3.8, 4) is 0 Å². The van der Waals surface area contributed by atoms with Crippen LogP contribution in [0.3, 0.4) is 0 Å². The number of carbonyl (C=O) groups is 3. The largest absolute Gasteiger partial charge is 0.466 e. The zero-order valence-corrected chi connectivity index (χ0v) is 10.2. The number of esters is 1. The summed E-state index contributed by atoms with van der Waals surface area (Å²) >= 11 is 0. The third-order valence-electron chi connectivity index (χ3n) is 2.38. The van der Waals surface area contributed by atoms with Crippen LogP contribution in [0.1, 0.15) is 46.5 Å². The van der Waals surface area contributed by atoms with Gasteiger partial charge in [0.2, 0.25) is 0 Å². The Morgan fingerprint density at radius 3 is 2.12 bits per heavy atom. The van der Waals surface area contributed by atoms with Gasteiger partial charge in [-0.25, -0.2) is 0 Å². The van der Waals surface area contributed by atoms with Crippen molar-refractivity contribution in [2.24, 2.45) is 5.92 Å². The standard InChI is InChI=1S/C12H20O4/c1-4-5-8-16-12(15)7-6-11(9(2)13)10(3)14/h11H,4-8H2,1-3H3. The molecule has 0 heterocycles. The number of carbonyl (C=O) groups excluding carboxylic acids is 3. The molecular formula is C12H20O4. The number of unbranched alkanes of at least 4 members (excludes halogenated alkanes) is 1.